The molecule has 0 aliphatic heterocycles. The lowest BCUT2D eigenvalue weighted by Crippen LogP contribution is -1.89. The van der Waals surface area contributed by atoms with Crippen molar-refractivity contribution in [2.75, 3.05) is 7.11 Å². The van der Waals surface area contributed by atoms with Crippen LogP contribution in [0.3, 0.4) is 0 Å². The molecule has 0 bridgehead atoms. The SMILES string of the molecule is COc1ccccc1Sc1ccc(CO)cc1C#N. The first-order chi connectivity index (χ1) is 9.28. The van der Waals surface area contributed by atoms with Gasteiger partial charge in [-0.25, -0.2) is 0 Å². The van der Waals surface area contributed by atoms with Crippen LogP contribution in [0.25, 0.3) is 0 Å². The molecule has 0 aliphatic carbocycles. The van der Waals surface area contributed by atoms with Crippen LogP contribution in [0.15, 0.2) is 52.3 Å². The van der Waals surface area contributed by atoms with Gasteiger partial charge >= 0.3 is 0 Å². The highest BCUT2D eigenvalue weighted by atomic mass is 32.2. The number of nitriles is 1. The summed E-state index contributed by atoms with van der Waals surface area (Å²) in [4.78, 5) is 1.81. The van der Waals surface area contributed by atoms with E-state index in [0.717, 1.165) is 21.1 Å². The molecule has 2 rings (SSSR count). The Morgan fingerprint density at radius 2 is 2.00 bits per heavy atom. The van der Waals surface area contributed by atoms with E-state index in [1.807, 2.05) is 36.4 Å². The van der Waals surface area contributed by atoms with Gasteiger partial charge in [-0.3, -0.25) is 0 Å². The van der Waals surface area contributed by atoms with Crippen LogP contribution in [-0.2, 0) is 6.61 Å². The molecule has 0 unspecified atom stereocenters. The molecule has 0 saturated carbocycles. The lowest BCUT2D eigenvalue weighted by atomic mass is 10.1. The van der Waals surface area contributed by atoms with Gasteiger partial charge in [-0.2, -0.15) is 5.26 Å². The zero-order valence-electron chi connectivity index (χ0n) is 10.5. The van der Waals surface area contributed by atoms with Gasteiger partial charge in [0, 0.05) is 4.90 Å². The van der Waals surface area contributed by atoms with Crippen LogP contribution in [0.5, 0.6) is 5.75 Å². The van der Waals surface area contributed by atoms with Gasteiger partial charge in [-0.15, -0.1) is 0 Å². The van der Waals surface area contributed by atoms with Crippen molar-refractivity contribution in [3.8, 4) is 11.8 Å². The van der Waals surface area contributed by atoms with Crippen LogP contribution in [0, 0.1) is 11.3 Å². The Bertz CT molecular complexity index is 620. The minimum absolute atomic E-state index is 0.0612. The van der Waals surface area contributed by atoms with Gasteiger partial charge in [0.25, 0.3) is 0 Å². The molecular formula is C15H13NO2S. The number of methoxy groups -OCH3 is 1. The van der Waals surface area contributed by atoms with Gasteiger partial charge < -0.3 is 9.84 Å². The van der Waals surface area contributed by atoms with Crippen LogP contribution >= 0.6 is 11.8 Å². The number of hydrogen-bond acceptors (Lipinski definition) is 4. The maximum absolute atomic E-state index is 9.17. The molecule has 0 radical (unpaired) electrons. The summed E-state index contributed by atoms with van der Waals surface area (Å²) < 4.78 is 5.29. The summed E-state index contributed by atoms with van der Waals surface area (Å²) in [5.74, 6) is 0.780. The van der Waals surface area contributed by atoms with E-state index in [4.69, 9.17) is 15.1 Å². The van der Waals surface area contributed by atoms with E-state index in [1.165, 1.54) is 11.8 Å². The summed E-state index contributed by atoms with van der Waals surface area (Å²) in [6.45, 7) is -0.0612. The lowest BCUT2D eigenvalue weighted by molar-refractivity contribution is 0.281. The normalized spacial score (nSPS) is 9.95. The summed E-state index contributed by atoms with van der Waals surface area (Å²) in [5, 5.41) is 18.3. The molecule has 0 spiro atoms. The van der Waals surface area contributed by atoms with Crippen LogP contribution in [0.2, 0.25) is 0 Å². The molecule has 0 aromatic heterocycles. The first kappa shape index (κ1) is 13.5. The fourth-order valence-corrected chi connectivity index (χ4v) is 2.66. The standard InChI is InChI=1S/C15H13NO2S/c1-18-13-4-2-3-5-15(13)19-14-7-6-11(10-17)8-12(14)9-16/h2-8,17H,10H2,1H3. The Hall–Kier alpha value is -1.96. The van der Waals surface area contributed by atoms with E-state index in [-0.39, 0.29) is 6.61 Å². The number of aliphatic hydroxyl groups is 1. The average Bonchev–Trinajstić information content (AvgIpc) is 2.48. The second-order valence-corrected chi connectivity index (χ2v) is 4.94. The Kier molecular flexibility index (Phi) is 4.45. The van der Waals surface area contributed by atoms with Crippen molar-refractivity contribution in [3.05, 3.63) is 53.6 Å². The highest BCUT2D eigenvalue weighted by Gasteiger charge is 2.08. The van der Waals surface area contributed by atoms with Crippen molar-refractivity contribution in [1.82, 2.24) is 0 Å². The maximum atomic E-state index is 9.17. The van der Waals surface area contributed by atoms with Crippen LogP contribution in [0.1, 0.15) is 11.1 Å². The van der Waals surface area contributed by atoms with Crippen LogP contribution < -0.4 is 4.74 Å². The van der Waals surface area contributed by atoms with E-state index in [9.17, 15) is 0 Å². The molecular weight excluding hydrogens is 258 g/mol. The molecule has 2 aromatic rings. The summed E-state index contributed by atoms with van der Waals surface area (Å²) in [6.07, 6.45) is 0. The van der Waals surface area contributed by atoms with Gasteiger partial charge in [0.2, 0.25) is 0 Å². The number of ether oxygens (including phenoxy) is 1. The van der Waals surface area contributed by atoms with Crippen LogP contribution in [0.4, 0.5) is 0 Å². The predicted octanol–water partition coefficient (Wildman–Crippen LogP) is 3.21. The van der Waals surface area contributed by atoms with E-state index < -0.39 is 0 Å². The van der Waals surface area contributed by atoms with Gasteiger partial charge in [-0.1, -0.05) is 30.0 Å². The summed E-state index contributed by atoms with van der Waals surface area (Å²) in [7, 11) is 1.62. The van der Waals surface area contributed by atoms with Crippen LogP contribution in [-0.4, -0.2) is 12.2 Å². The van der Waals surface area contributed by atoms with Crippen molar-refractivity contribution in [2.24, 2.45) is 0 Å². The van der Waals surface area contributed by atoms with E-state index in [2.05, 4.69) is 6.07 Å². The molecule has 0 atom stereocenters. The molecule has 1 N–H and O–H groups in total. The molecule has 0 amide bonds. The molecule has 0 heterocycles. The highest BCUT2D eigenvalue weighted by molar-refractivity contribution is 7.99. The third-order valence-electron chi connectivity index (χ3n) is 2.64. The van der Waals surface area contributed by atoms with Gasteiger partial charge in [0.15, 0.2) is 0 Å². The van der Waals surface area contributed by atoms with E-state index >= 15 is 0 Å². The zero-order valence-corrected chi connectivity index (χ0v) is 11.3. The fourth-order valence-electron chi connectivity index (χ4n) is 1.67. The summed E-state index contributed by atoms with van der Waals surface area (Å²) in [6, 6.07) is 15.2. The third kappa shape index (κ3) is 3.08. The number of rotatable bonds is 4. The first-order valence-corrected chi connectivity index (χ1v) is 6.55. The van der Waals surface area contributed by atoms with Crippen molar-refractivity contribution >= 4 is 11.8 Å². The molecule has 3 nitrogen and oxygen atoms in total. The quantitative estimate of drug-likeness (QED) is 0.927. The largest absolute Gasteiger partial charge is 0.496 e. The molecule has 2 aromatic carbocycles. The molecule has 0 aliphatic rings. The average molecular weight is 271 g/mol. The molecule has 0 fully saturated rings. The van der Waals surface area contributed by atoms with Crippen molar-refractivity contribution < 1.29 is 9.84 Å². The second-order valence-electron chi connectivity index (χ2n) is 3.85. The Labute approximate surface area is 116 Å². The smallest absolute Gasteiger partial charge is 0.132 e. The second kappa shape index (κ2) is 6.28. The monoisotopic (exact) mass is 271 g/mol. The topological polar surface area (TPSA) is 53.2 Å². The van der Waals surface area contributed by atoms with Crippen molar-refractivity contribution in [2.45, 2.75) is 16.4 Å². The van der Waals surface area contributed by atoms with Gasteiger partial charge in [-0.05, 0) is 29.8 Å². The van der Waals surface area contributed by atoms with Crippen molar-refractivity contribution in [1.29, 1.82) is 5.26 Å². The Morgan fingerprint density at radius 3 is 2.68 bits per heavy atom. The molecule has 4 heteroatoms. The number of para-hydroxylation sites is 1. The Balaban J connectivity index is 2.36. The van der Waals surface area contributed by atoms with E-state index in [0.29, 0.717) is 5.56 Å². The minimum Gasteiger partial charge on any atom is -0.496 e. The number of benzene rings is 2. The number of hydrogen-bond donors (Lipinski definition) is 1. The van der Waals surface area contributed by atoms with Gasteiger partial charge in [0.1, 0.15) is 11.8 Å². The van der Waals surface area contributed by atoms with E-state index in [1.54, 1.807) is 13.2 Å². The van der Waals surface area contributed by atoms with Gasteiger partial charge in [0.05, 0.1) is 24.2 Å². The third-order valence-corrected chi connectivity index (χ3v) is 3.77. The fraction of sp³-hybridized carbons (Fsp3) is 0.133. The molecule has 19 heavy (non-hydrogen) atoms. The number of aliphatic hydroxyl groups excluding tert-OH is 1. The lowest BCUT2D eigenvalue weighted by Gasteiger charge is -2.09. The zero-order chi connectivity index (χ0) is 13.7. The summed E-state index contributed by atoms with van der Waals surface area (Å²) >= 11 is 1.48. The minimum atomic E-state index is -0.0612. The molecule has 96 valence electrons. The van der Waals surface area contributed by atoms with Crippen molar-refractivity contribution in [3.63, 3.8) is 0 Å². The molecule has 0 saturated heterocycles. The number of nitrogens with zero attached hydrogens (tertiary/aromatic N) is 1. The predicted molar refractivity (Wildman–Crippen MR) is 74.2 cm³/mol. The highest BCUT2D eigenvalue weighted by Crippen LogP contribution is 2.36. The summed E-state index contributed by atoms with van der Waals surface area (Å²) in [5.41, 5.74) is 1.29. The Morgan fingerprint density at radius 1 is 1.21 bits per heavy atom. The first-order valence-electron chi connectivity index (χ1n) is 5.73. The maximum Gasteiger partial charge on any atom is 0.132 e.